The average Bonchev–Trinajstić information content (AvgIpc) is 2.05. The van der Waals surface area contributed by atoms with Crippen LogP contribution < -0.4 is 5.32 Å². The second-order valence-electron chi connectivity index (χ2n) is 3.80. The molecule has 0 aliphatic rings. The summed E-state index contributed by atoms with van der Waals surface area (Å²) in [5.74, 6) is 1.72. The minimum Gasteiger partial charge on any atom is -0.391 e. The van der Waals surface area contributed by atoms with Gasteiger partial charge in [0.15, 0.2) is 0 Å². The number of hydrogen-bond acceptors (Lipinski definition) is 1. The van der Waals surface area contributed by atoms with Crippen molar-refractivity contribution < 1.29 is 0 Å². The molecule has 0 saturated carbocycles. The third kappa shape index (κ3) is 6.26. The van der Waals surface area contributed by atoms with Gasteiger partial charge in [-0.15, -0.1) is 0 Å². The van der Waals surface area contributed by atoms with Crippen molar-refractivity contribution in [1.29, 1.82) is 0 Å². The Morgan fingerprint density at radius 3 is 2.50 bits per heavy atom. The largest absolute Gasteiger partial charge is 0.391 e. The summed E-state index contributed by atoms with van der Waals surface area (Å²) in [7, 11) is 0. The van der Waals surface area contributed by atoms with E-state index >= 15 is 0 Å². The van der Waals surface area contributed by atoms with Crippen LogP contribution in [-0.4, -0.2) is 6.54 Å². The van der Waals surface area contributed by atoms with E-state index < -0.39 is 0 Å². The zero-order valence-corrected chi connectivity index (χ0v) is 8.77. The highest BCUT2D eigenvalue weighted by molar-refractivity contribution is 4.65. The highest BCUT2D eigenvalue weighted by Crippen LogP contribution is 2.16. The van der Waals surface area contributed by atoms with Crippen LogP contribution >= 0.6 is 0 Å². The summed E-state index contributed by atoms with van der Waals surface area (Å²) in [5, 5.41) is 3.13. The van der Waals surface area contributed by atoms with Crippen LogP contribution in [0.5, 0.6) is 0 Å². The molecule has 12 heavy (non-hydrogen) atoms. The van der Waals surface area contributed by atoms with E-state index in [9.17, 15) is 0 Å². The van der Waals surface area contributed by atoms with Crippen LogP contribution in [0.25, 0.3) is 0 Å². The predicted octanol–water partition coefficient (Wildman–Crippen LogP) is 3.18. The van der Waals surface area contributed by atoms with E-state index in [-0.39, 0.29) is 0 Å². The molecular weight excluding hydrogens is 146 g/mol. The Balaban J connectivity index is 3.32. The molecule has 0 aromatic carbocycles. The lowest BCUT2D eigenvalue weighted by Crippen LogP contribution is -2.12. The Hall–Kier alpha value is -0.460. The molecule has 0 aliphatic carbocycles. The fourth-order valence-corrected chi connectivity index (χ4v) is 1.40. The van der Waals surface area contributed by atoms with Gasteiger partial charge in [0.1, 0.15) is 0 Å². The van der Waals surface area contributed by atoms with E-state index in [0.717, 1.165) is 18.4 Å². The summed E-state index contributed by atoms with van der Waals surface area (Å²) in [6.45, 7) is 11.6. The summed E-state index contributed by atoms with van der Waals surface area (Å²) in [4.78, 5) is 0. The quantitative estimate of drug-likeness (QED) is 0.577. The van der Waals surface area contributed by atoms with Gasteiger partial charge in [-0.2, -0.15) is 0 Å². The maximum absolute atomic E-state index is 3.62. The molecule has 1 nitrogen and oxygen atoms in total. The molecule has 0 rings (SSSR count). The highest BCUT2D eigenvalue weighted by atomic mass is 14.8. The van der Waals surface area contributed by atoms with Crippen molar-refractivity contribution in [3.8, 4) is 0 Å². The molecule has 0 bridgehead atoms. The second kappa shape index (κ2) is 7.20. The van der Waals surface area contributed by atoms with Gasteiger partial charge in [-0.25, -0.2) is 0 Å². The highest BCUT2D eigenvalue weighted by Gasteiger charge is 2.05. The summed E-state index contributed by atoms with van der Waals surface area (Å²) >= 11 is 0. The van der Waals surface area contributed by atoms with Gasteiger partial charge in [-0.05, 0) is 30.9 Å². The first-order valence-electron chi connectivity index (χ1n) is 5.05. The first-order valence-corrected chi connectivity index (χ1v) is 5.05. The van der Waals surface area contributed by atoms with Gasteiger partial charge in [-0.1, -0.05) is 33.8 Å². The Bertz CT molecular complexity index is 110. The molecule has 0 heterocycles. The van der Waals surface area contributed by atoms with Crippen molar-refractivity contribution in [2.45, 2.75) is 40.0 Å². The van der Waals surface area contributed by atoms with Gasteiger partial charge in [0.05, 0.1) is 0 Å². The normalized spacial score (nSPS) is 15.2. The van der Waals surface area contributed by atoms with Crippen molar-refractivity contribution in [3.05, 3.63) is 12.8 Å². The first kappa shape index (κ1) is 11.5. The number of nitrogens with one attached hydrogen (secondary N) is 1. The minimum atomic E-state index is 0.840. The SMILES string of the molecule is C=CNCCC(C)CC(C)CC. The standard InChI is InChI=1S/C11H23N/c1-5-10(3)9-11(4)7-8-12-6-2/h6,10-12H,2,5,7-9H2,1,3-4H3. The summed E-state index contributed by atoms with van der Waals surface area (Å²) in [6.07, 6.45) is 5.70. The molecule has 2 atom stereocenters. The lowest BCUT2D eigenvalue weighted by Gasteiger charge is -2.15. The second-order valence-corrected chi connectivity index (χ2v) is 3.80. The molecule has 0 radical (unpaired) electrons. The van der Waals surface area contributed by atoms with Gasteiger partial charge in [-0.3, -0.25) is 0 Å². The molecule has 0 spiro atoms. The summed E-state index contributed by atoms with van der Waals surface area (Å²) < 4.78 is 0. The van der Waals surface area contributed by atoms with Gasteiger partial charge in [0, 0.05) is 6.54 Å². The van der Waals surface area contributed by atoms with Crippen LogP contribution in [0.3, 0.4) is 0 Å². The number of hydrogen-bond donors (Lipinski definition) is 1. The summed E-state index contributed by atoms with van der Waals surface area (Å²) in [5.41, 5.74) is 0. The van der Waals surface area contributed by atoms with Gasteiger partial charge in [0.2, 0.25) is 0 Å². The molecule has 1 heteroatoms. The average molecular weight is 169 g/mol. The maximum Gasteiger partial charge on any atom is 0.0143 e. The van der Waals surface area contributed by atoms with Gasteiger partial charge in [0.25, 0.3) is 0 Å². The fourth-order valence-electron chi connectivity index (χ4n) is 1.40. The Labute approximate surface area is 77.2 Å². The van der Waals surface area contributed by atoms with Crippen LogP contribution in [0.1, 0.15) is 40.0 Å². The topological polar surface area (TPSA) is 12.0 Å². The van der Waals surface area contributed by atoms with Crippen molar-refractivity contribution in [2.75, 3.05) is 6.54 Å². The van der Waals surface area contributed by atoms with Crippen molar-refractivity contribution in [3.63, 3.8) is 0 Å². The van der Waals surface area contributed by atoms with E-state index in [1.54, 1.807) is 6.20 Å². The van der Waals surface area contributed by atoms with Crippen molar-refractivity contribution in [2.24, 2.45) is 11.8 Å². The monoisotopic (exact) mass is 169 g/mol. The zero-order valence-electron chi connectivity index (χ0n) is 8.77. The minimum absolute atomic E-state index is 0.840. The predicted molar refractivity (Wildman–Crippen MR) is 56.1 cm³/mol. The molecule has 1 N–H and O–H groups in total. The molecule has 72 valence electrons. The first-order chi connectivity index (χ1) is 5.70. The Morgan fingerprint density at radius 2 is 2.00 bits per heavy atom. The molecule has 0 aromatic heterocycles. The van der Waals surface area contributed by atoms with Crippen LogP contribution in [-0.2, 0) is 0 Å². The van der Waals surface area contributed by atoms with Crippen LogP contribution in [0.2, 0.25) is 0 Å². The molecule has 0 amide bonds. The van der Waals surface area contributed by atoms with Gasteiger partial charge >= 0.3 is 0 Å². The van der Waals surface area contributed by atoms with Crippen LogP contribution in [0.4, 0.5) is 0 Å². The van der Waals surface area contributed by atoms with E-state index in [4.69, 9.17) is 0 Å². The van der Waals surface area contributed by atoms with E-state index in [0.29, 0.717) is 0 Å². The molecule has 0 aliphatic heterocycles. The van der Waals surface area contributed by atoms with Crippen LogP contribution in [0.15, 0.2) is 12.8 Å². The van der Waals surface area contributed by atoms with Crippen LogP contribution in [0, 0.1) is 11.8 Å². The van der Waals surface area contributed by atoms with Crippen molar-refractivity contribution >= 4 is 0 Å². The fraction of sp³-hybridized carbons (Fsp3) is 0.818. The third-order valence-corrected chi connectivity index (χ3v) is 2.43. The van der Waals surface area contributed by atoms with Gasteiger partial charge < -0.3 is 5.32 Å². The van der Waals surface area contributed by atoms with Crippen molar-refractivity contribution in [1.82, 2.24) is 5.32 Å². The molecule has 0 aromatic rings. The lowest BCUT2D eigenvalue weighted by atomic mass is 9.93. The molecular formula is C11H23N. The zero-order chi connectivity index (χ0) is 9.40. The summed E-state index contributed by atoms with van der Waals surface area (Å²) in [6, 6.07) is 0. The number of rotatable bonds is 7. The smallest absolute Gasteiger partial charge is 0.0143 e. The molecule has 0 saturated heterocycles. The molecule has 2 unspecified atom stereocenters. The Kier molecular flexibility index (Phi) is 6.93. The van der Waals surface area contributed by atoms with E-state index in [1.165, 1.54) is 19.3 Å². The Morgan fingerprint density at radius 1 is 1.33 bits per heavy atom. The third-order valence-electron chi connectivity index (χ3n) is 2.43. The lowest BCUT2D eigenvalue weighted by molar-refractivity contribution is 0.386. The van der Waals surface area contributed by atoms with E-state index in [2.05, 4.69) is 32.7 Å². The molecule has 0 fully saturated rings. The van der Waals surface area contributed by atoms with E-state index in [1.807, 2.05) is 0 Å². The maximum atomic E-state index is 3.62.